The van der Waals surface area contributed by atoms with Crippen LogP contribution in [-0.2, 0) is 9.47 Å². The first-order chi connectivity index (χ1) is 17.7. The number of ether oxygens (including phenoxy) is 2. The maximum atomic E-state index is 15.3. The number of hydrogen-bond acceptors (Lipinski definition) is 3. The van der Waals surface area contributed by atoms with Gasteiger partial charge in [0.25, 0.3) is 0 Å². The monoisotopic (exact) mass is 506 g/mol. The van der Waals surface area contributed by atoms with Crippen molar-refractivity contribution in [3.05, 3.63) is 58.2 Å². The zero-order valence-corrected chi connectivity index (χ0v) is 21.6. The summed E-state index contributed by atoms with van der Waals surface area (Å²) in [4.78, 5) is 0. The standard InChI is InChI=1S/C32H36F2O3/c1-3-32(33,34)31(35)15-13-27-25-11-10-23-18-30(36-16-17-37-30)14-12-24(23)28(25)26(19-29(27,31)2)22-8-6-21(7-9-22)20-4-5-20/h1,6-9,18,20,25-27,35H,4-5,10-17,19H2,2H3/t25?,26?,27?,29-,31-/m0/s1. The van der Waals surface area contributed by atoms with E-state index in [1.165, 1.54) is 40.7 Å². The smallest absolute Gasteiger partial charge is 0.336 e. The van der Waals surface area contributed by atoms with Gasteiger partial charge in [0.2, 0.25) is 0 Å². The van der Waals surface area contributed by atoms with Gasteiger partial charge in [-0.3, -0.25) is 0 Å². The Balaban J connectivity index is 1.36. The van der Waals surface area contributed by atoms with Crippen molar-refractivity contribution < 1.29 is 23.4 Å². The molecule has 6 aliphatic rings. The number of aliphatic hydroxyl groups is 1. The van der Waals surface area contributed by atoms with Gasteiger partial charge in [0.15, 0.2) is 5.79 Å². The van der Waals surface area contributed by atoms with Gasteiger partial charge in [-0.05, 0) is 103 Å². The van der Waals surface area contributed by atoms with Crippen LogP contribution in [0, 0.1) is 29.6 Å². The fraction of sp³-hybridized carbons (Fsp3) is 0.625. The van der Waals surface area contributed by atoms with Crippen LogP contribution in [0.25, 0.3) is 0 Å². The first-order valence-electron chi connectivity index (χ1n) is 14.1. The number of halogens is 2. The summed E-state index contributed by atoms with van der Waals surface area (Å²) in [5.41, 5.74) is 3.49. The van der Waals surface area contributed by atoms with Crippen molar-refractivity contribution in [3.8, 4) is 12.3 Å². The summed E-state index contributed by atoms with van der Waals surface area (Å²) in [6.07, 6.45) is 14.6. The van der Waals surface area contributed by atoms with Crippen LogP contribution in [0.15, 0.2) is 47.1 Å². The molecule has 1 saturated heterocycles. The molecule has 5 heteroatoms. The normalized spacial score (nSPS) is 38.6. The number of alkyl halides is 2. The summed E-state index contributed by atoms with van der Waals surface area (Å²) in [5, 5.41) is 11.7. The van der Waals surface area contributed by atoms with Crippen molar-refractivity contribution in [2.75, 3.05) is 13.2 Å². The van der Waals surface area contributed by atoms with E-state index in [0.717, 1.165) is 25.7 Å². The van der Waals surface area contributed by atoms with Crippen LogP contribution >= 0.6 is 0 Å². The molecule has 1 aromatic carbocycles. The Labute approximate surface area is 218 Å². The molecule has 0 amide bonds. The van der Waals surface area contributed by atoms with Gasteiger partial charge in [0.1, 0.15) is 5.60 Å². The molecule has 4 fully saturated rings. The highest BCUT2D eigenvalue weighted by Crippen LogP contribution is 2.69. The van der Waals surface area contributed by atoms with E-state index in [1.54, 1.807) is 5.92 Å². The molecule has 1 spiro atoms. The van der Waals surface area contributed by atoms with Gasteiger partial charge in [0, 0.05) is 17.8 Å². The maximum Gasteiger partial charge on any atom is 0.336 e. The van der Waals surface area contributed by atoms with E-state index < -0.39 is 22.7 Å². The van der Waals surface area contributed by atoms with Gasteiger partial charge in [-0.2, -0.15) is 8.78 Å². The van der Waals surface area contributed by atoms with Crippen molar-refractivity contribution in [1.29, 1.82) is 0 Å². The van der Waals surface area contributed by atoms with Crippen molar-refractivity contribution in [2.45, 2.75) is 93.9 Å². The van der Waals surface area contributed by atoms with Crippen LogP contribution in [0.2, 0.25) is 0 Å². The van der Waals surface area contributed by atoms with Crippen molar-refractivity contribution in [1.82, 2.24) is 0 Å². The quantitative estimate of drug-likeness (QED) is 0.467. The summed E-state index contributed by atoms with van der Waals surface area (Å²) in [6, 6.07) is 8.89. The summed E-state index contributed by atoms with van der Waals surface area (Å²) >= 11 is 0. The number of rotatable bonds is 3. The molecule has 1 heterocycles. The second-order valence-corrected chi connectivity index (χ2v) is 12.6. The fourth-order valence-electron chi connectivity index (χ4n) is 8.84. The molecule has 3 unspecified atom stereocenters. The van der Waals surface area contributed by atoms with E-state index in [-0.39, 0.29) is 24.2 Å². The summed E-state index contributed by atoms with van der Waals surface area (Å²) in [7, 11) is 0. The van der Waals surface area contributed by atoms with E-state index in [1.807, 2.05) is 6.92 Å². The summed E-state index contributed by atoms with van der Waals surface area (Å²) in [6.45, 7) is 3.14. The second kappa shape index (κ2) is 8.01. The Morgan fingerprint density at radius 3 is 2.38 bits per heavy atom. The molecule has 1 N–H and O–H groups in total. The minimum Gasteiger partial charge on any atom is -0.382 e. The third kappa shape index (κ3) is 3.35. The van der Waals surface area contributed by atoms with Crippen molar-refractivity contribution in [3.63, 3.8) is 0 Å². The zero-order chi connectivity index (χ0) is 25.6. The average Bonchev–Trinajstić information content (AvgIpc) is 3.60. The van der Waals surface area contributed by atoms with Gasteiger partial charge in [-0.25, -0.2) is 0 Å². The fourth-order valence-corrected chi connectivity index (χ4v) is 8.84. The topological polar surface area (TPSA) is 38.7 Å². The lowest BCUT2D eigenvalue weighted by atomic mass is 9.50. The number of fused-ring (bicyclic) bond motifs is 4. The molecule has 3 nitrogen and oxygen atoms in total. The molecule has 0 bridgehead atoms. The largest absolute Gasteiger partial charge is 0.382 e. The molecule has 1 aromatic rings. The second-order valence-electron chi connectivity index (χ2n) is 12.6. The molecule has 37 heavy (non-hydrogen) atoms. The van der Waals surface area contributed by atoms with E-state index in [4.69, 9.17) is 15.9 Å². The Morgan fingerprint density at radius 1 is 1.00 bits per heavy atom. The van der Waals surface area contributed by atoms with Crippen molar-refractivity contribution in [2.24, 2.45) is 17.3 Å². The van der Waals surface area contributed by atoms with Gasteiger partial charge in [-0.15, -0.1) is 6.42 Å². The number of allylic oxidation sites excluding steroid dienone is 3. The highest BCUT2D eigenvalue weighted by Gasteiger charge is 2.71. The first-order valence-corrected chi connectivity index (χ1v) is 14.1. The lowest BCUT2D eigenvalue weighted by Gasteiger charge is -2.55. The van der Waals surface area contributed by atoms with Gasteiger partial charge in [-0.1, -0.05) is 36.8 Å². The van der Waals surface area contributed by atoms with Gasteiger partial charge < -0.3 is 14.6 Å². The average molecular weight is 507 g/mol. The number of terminal acetylenes is 1. The number of hydrogen-bond donors (Lipinski definition) is 1. The zero-order valence-electron chi connectivity index (χ0n) is 21.6. The van der Waals surface area contributed by atoms with Crippen LogP contribution in [0.1, 0.15) is 87.7 Å². The van der Waals surface area contributed by atoms with Crippen LogP contribution < -0.4 is 0 Å². The minimum atomic E-state index is -3.56. The number of benzene rings is 1. The van der Waals surface area contributed by atoms with Crippen LogP contribution in [-0.4, -0.2) is 35.6 Å². The molecule has 0 aromatic heterocycles. The Bertz CT molecular complexity index is 1210. The van der Waals surface area contributed by atoms with Crippen LogP contribution in [0.3, 0.4) is 0 Å². The molecular weight excluding hydrogens is 470 g/mol. The summed E-state index contributed by atoms with van der Waals surface area (Å²) < 4.78 is 42.6. The Hall–Kier alpha value is -2.00. The molecule has 3 saturated carbocycles. The highest BCUT2D eigenvalue weighted by molar-refractivity contribution is 5.50. The maximum absolute atomic E-state index is 15.3. The van der Waals surface area contributed by atoms with Crippen LogP contribution in [0.5, 0.6) is 0 Å². The third-order valence-electron chi connectivity index (χ3n) is 10.9. The molecule has 0 radical (unpaired) electrons. The highest BCUT2D eigenvalue weighted by atomic mass is 19.3. The predicted molar refractivity (Wildman–Crippen MR) is 137 cm³/mol. The Morgan fingerprint density at radius 2 is 1.70 bits per heavy atom. The molecule has 1 aliphatic heterocycles. The lowest BCUT2D eigenvalue weighted by molar-refractivity contribution is -0.209. The van der Waals surface area contributed by atoms with Crippen molar-refractivity contribution >= 4 is 0 Å². The van der Waals surface area contributed by atoms with E-state index >= 15 is 8.78 Å². The van der Waals surface area contributed by atoms with Crippen LogP contribution in [0.4, 0.5) is 8.78 Å². The van der Waals surface area contributed by atoms with E-state index in [2.05, 4.69) is 30.3 Å². The molecule has 7 rings (SSSR count). The third-order valence-corrected chi connectivity index (χ3v) is 10.9. The molecule has 5 atom stereocenters. The SMILES string of the molecule is C#CC(F)(F)[C@]1(O)CCC2C3CCC4=CC5(CCC4=C3C(c3ccc(C4CC4)cc3)C[C@@]21C)OCCO5. The lowest BCUT2D eigenvalue weighted by Crippen LogP contribution is -2.60. The molecular formula is C32H36F2O3. The van der Waals surface area contributed by atoms with E-state index in [0.29, 0.717) is 32.0 Å². The first kappa shape index (κ1) is 24.1. The molecule has 196 valence electrons. The predicted octanol–water partition coefficient (Wildman–Crippen LogP) is 6.64. The molecule has 5 aliphatic carbocycles. The van der Waals surface area contributed by atoms with E-state index in [9.17, 15) is 5.11 Å². The summed E-state index contributed by atoms with van der Waals surface area (Å²) in [5.74, 6) is -1.68. The van der Waals surface area contributed by atoms with Gasteiger partial charge in [0.05, 0.1) is 13.2 Å². The van der Waals surface area contributed by atoms with Gasteiger partial charge >= 0.3 is 5.92 Å². The minimum absolute atomic E-state index is 0.0161. The Kier molecular flexibility index (Phi) is 5.21.